The number of aryl methyl sites for hydroxylation is 1. The summed E-state index contributed by atoms with van der Waals surface area (Å²) in [6, 6.07) is 9.18. The first kappa shape index (κ1) is 19.4. The van der Waals surface area contributed by atoms with Crippen molar-refractivity contribution in [3.05, 3.63) is 35.4 Å². The van der Waals surface area contributed by atoms with Crippen molar-refractivity contribution in [3.63, 3.8) is 0 Å². The number of rotatable bonds is 8. The molecule has 1 N–H and O–H groups in total. The molecule has 0 aliphatic carbocycles. The number of nitrogens with zero attached hydrogens (tertiary/aromatic N) is 1. The highest BCUT2D eigenvalue weighted by atomic mass is 16.5. The lowest BCUT2D eigenvalue weighted by Crippen LogP contribution is -2.37. The Labute approximate surface area is 148 Å². The molecule has 0 bridgehead atoms. The molecule has 1 aromatic rings. The van der Waals surface area contributed by atoms with Gasteiger partial charge in [0.2, 0.25) is 0 Å². The maximum absolute atomic E-state index is 5.95. The average molecular weight is 333 g/mol. The lowest BCUT2D eigenvalue weighted by atomic mass is 9.75. The van der Waals surface area contributed by atoms with Gasteiger partial charge < -0.3 is 15.0 Å². The first-order chi connectivity index (χ1) is 11.4. The predicted molar refractivity (Wildman–Crippen MR) is 103 cm³/mol. The van der Waals surface area contributed by atoms with Gasteiger partial charge in [0.1, 0.15) is 0 Å². The second-order valence-electron chi connectivity index (χ2n) is 8.22. The molecule has 0 saturated carbocycles. The number of benzene rings is 1. The SMILES string of the molecule is Cc1ccc([C@@H](CCNCCN(C)C)[C@H]2CCOC(C)(C)C2)cc1. The highest BCUT2D eigenvalue weighted by Gasteiger charge is 2.33. The van der Waals surface area contributed by atoms with Crippen LogP contribution in [0.5, 0.6) is 0 Å². The van der Waals surface area contributed by atoms with Crippen LogP contribution in [0.4, 0.5) is 0 Å². The quantitative estimate of drug-likeness (QED) is 0.732. The van der Waals surface area contributed by atoms with Gasteiger partial charge in [0.15, 0.2) is 0 Å². The summed E-state index contributed by atoms with van der Waals surface area (Å²) in [6.07, 6.45) is 3.54. The zero-order chi connectivity index (χ0) is 17.6. The van der Waals surface area contributed by atoms with E-state index in [9.17, 15) is 0 Å². The smallest absolute Gasteiger partial charge is 0.0629 e. The van der Waals surface area contributed by atoms with E-state index in [1.807, 2.05) is 0 Å². The molecule has 1 fully saturated rings. The molecule has 1 heterocycles. The number of hydrogen-bond acceptors (Lipinski definition) is 3. The van der Waals surface area contributed by atoms with Crippen molar-refractivity contribution in [2.75, 3.05) is 40.3 Å². The van der Waals surface area contributed by atoms with Crippen molar-refractivity contribution in [3.8, 4) is 0 Å². The number of hydrogen-bond donors (Lipinski definition) is 1. The zero-order valence-electron chi connectivity index (χ0n) is 16.3. The fraction of sp³-hybridized carbons (Fsp3) is 0.714. The van der Waals surface area contributed by atoms with Crippen LogP contribution in [-0.2, 0) is 4.74 Å². The van der Waals surface area contributed by atoms with E-state index in [1.54, 1.807) is 0 Å². The number of ether oxygens (including phenoxy) is 1. The summed E-state index contributed by atoms with van der Waals surface area (Å²) in [6.45, 7) is 10.8. The van der Waals surface area contributed by atoms with Gasteiger partial charge in [0.05, 0.1) is 5.60 Å². The predicted octanol–water partition coefficient (Wildman–Crippen LogP) is 3.83. The van der Waals surface area contributed by atoms with E-state index in [0.717, 1.165) is 32.7 Å². The van der Waals surface area contributed by atoms with Gasteiger partial charge in [-0.15, -0.1) is 0 Å². The maximum atomic E-state index is 5.95. The van der Waals surface area contributed by atoms with Gasteiger partial charge in [-0.3, -0.25) is 0 Å². The van der Waals surface area contributed by atoms with Crippen LogP contribution in [0.3, 0.4) is 0 Å². The number of nitrogens with one attached hydrogen (secondary N) is 1. The molecule has 1 saturated heterocycles. The van der Waals surface area contributed by atoms with Crippen LogP contribution in [-0.4, -0.2) is 50.8 Å². The lowest BCUT2D eigenvalue weighted by Gasteiger charge is -2.39. The Kier molecular flexibility index (Phi) is 7.27. The van der Waals surface area contributed by atoms with Crippen LogP contribution in [0, 0.1) is 12.8 Å². The Hall–Kier alpha value is -0.900. The summed E-state index contributed by atoms with van der Waals surface area (Å²) in [5, 5.41) is 3.62. The average Bonchev–Trinajstić information content (AvgIpc) is 2.51. The maximum Gasteiger partial charge on any atom is 0.0629 e. The highest BCUT2D eigenvalue weighted by Crippen LogP contribution is 2.39. The lowest BCUT2D eigenvalue weighted by molar-refractivity contribution is -0.0771. The summed E-state index contributed by atoms with van der Waals surface area (Å²) >= 11 is 0. The molecule has 1 aliphatic rings. The van der Waals surface area contributed by atoms with Gasteiger partial charge in [-0.2, -0.15) is 0 Å². The van der Waals surface area contributed by atoms with E-state index in [0.29, 0.717) is 11.8 Å². The molecule has 0 unspecified atom stereocenters. The molecular formula is C21H36N2O. The first-order valence-corrected chi connectivity index (χ1v) is 9.43. The standard InChI is InChI=1S/C21H36N2O/c1-17-6-8-18(9-7-17)20(10-12-22-13-14-23(4)5)19-11-15-24-21(2,3)16-19/h6-9,19-20,22H,10-16H2,1-5H3/t19-,20+/m0/s1. The monoisotopic (exact) mass is 332 g/mol. The minimum atomic E-state index is 0.0181. The Morgan fingerprint density at radius 1 is 1.21 bits per heavy atom. The molecule has 2 rings (SSSR count). The second-order valence-corrected chi connectivity index (χ2v) is 8.22. The van der Waals surface area contributed by atoms with E-state index < -0.39 is 0 Å². The van der Waals surface area contributed by atoms with E-state index in [4.69, 9.17) is 4.74 Å². The van der Waals surface area contributed by atoms with E-state index in [-0.39, 0.29) is 5.60 Å². The third-order valence-electron chi connectivity index (χ3n) is 5.18. The van der Waals surface area contributed by atoms with Crippen molar-refractivity contribution >= 4 is 0 Å². The van der Waals surface area contributed by atoms with Crippen molar-refractivity contribution in [2.45, 2.75) is 51.6 Å². The third-order valence-corrected chi connectivity index (χ3v) is 5.18. The van der Waals surface area contributed by atoms with Crippen molar-refractivity contribution in [2.24, 2.45) is 5.92 Å². The molecule has 0 radical (unpaired) electrons. The summed E-state index contributed by atoms with van der Waals surface area (Å²) in [4.78, 5) is 2.23. The summed E-state index contributed by atoms with van der Waals surface area (Å²) in [7, 11) is 4.25. The molecule has 0 spiro atoms. The van der Waals surface area contributed by atoms with Crippen LogP contribution >= 0.6 is 0 Å². The molecule has 24 heavy (non-hydrogen) atoms. The van der Waals surface area contributed by atoms with Crippen molar-refractivity contribution < 1.29 is 4.74 Å². The molecule has 3 nitrogen and oxygen atoms in total. The normalized spacial score (nSPS) is 21.8. The minimum Gasteiger partial charge on any atom is -0.376 e. The van der Waals surface area contributed by atoms with E-state index in [2.05, 4.69) is 69.3 Å². The van der Waals surface area contributed by atoms with Gasteiger partial charge in [-0.1, -0.05) is 29.8 Å². The van der Waals surface area contributed by atoms with Crippen LogP contribution < -0.4 is 5.32 Å². The van der Waals surface area contributed by atoms with E-state index >= 15 is 0 Å². The fourth-order valence-electron chi connectivity index (χ4n) is 3.80. The third kappa shape index (κ3) is 6.19. The largest absolute Gasteiger partial charge is 0.376 e. The van der Waals surface area contributed by atoms with Gasteiger partial charge in [0.25, 0.3) is 0 Å². The van der Waals surface area contributed by atoms with Crippen LogP contribution in [0.25, 0.3) is 0 Å². The molecule has 0 amide bonds. The Balaban J connectivity index is 2.00. The molecule has 136 valence electrons. The molecule has 0 aromatic heterocycles. The molecule has 1 aromatic carbocycles. The minimum absolute atomic E-state index is 0.0181. The summed E-state index contributed by atoms with van der Waals surface area (Å²) < 4.78 is 5.95. The van der Waals surface area contributed by atoms with Gasteiger partial charge in [-0.05, 0) is 78.1 Å². The second kappa shape index (κ2) is 8.98. The highest BCUT2D eigenvalue weighted by molar-refractivity contribution is 5.25. The molecule has 1 aliphatic heterocycles. The van der Waals surface area contributed by atoms with Gasteiger partial charge >= 0.3 is 0 Å². The molecule has 2 atom stereocenters. The first-order valence-electron chi connectivity index (χ1n) is 9.43. The van der Waals surface area contributed by atoms with Crippen LogP contribution in [0.2, 0.25) is 0 Å². The Morgan fingerprint density at radius 2 is 1.92 bits per heavy atom. The van der Waals surface area contributed by atoms with Crippen LogP contribution in [0.1, 0.15) is 50.2 Å². The summed E-state index contributed by atoms with van der Waals surface area (Å²) in [5.74, 6) is 1.34. The van der Waals surface area contributed by atoms with Gasteiger partial charge in [-0.25, -0.2) is 0 Å². The van der Waals surface area contributed by atoms with Crippen molar-refractivity contribution in [1.29, 1.82) is 0 Å². The molecular weight excluding hydrogens is 296 g/mol. The topological polar surface area (TPSA) is 24.5 Å². The van der Waals surface area contributed by atoms with E-state index in [1.165, 1.54) is 24.0 Å². The fourth-order valence-corrected chi connectivity index (χ4v) is 3.80. The van der Waals surface area contributed by atoms with Gasteiger partial charge in [0, 0.05) is 19.7 Å². The number of likely N-dealkylation sites (N-methyl/N-ethyl adjacent to an activating group) is 1. The summed E-state index contributed by atoms with van der Waals surface area (Å²) in [5.41, 5.74) is 2.86. The zero-order valence-corrected chi connectivity index (χ0v) is 16.3. The van der Waals surface area contributed by atoms with Crippen LogP contribution in [0.15, 0.2) is 24.3 Å². The molecule has 3 heteroatoms. The Morgan fingerprint density at radius 3 is 2.54 bits per heavy atom. The Bertz CT molecular complexity index is 481. The van der Waals surface area contributed by atoms with Crippen molar-refractivity contribution in [1.82, 2.24) is 10.2 Å².